The Morgan fingerprint density at radius 1 is 1.00 bits per heavy atom. The number of aryl methyl sites for hydroxylation is 2. The van der Waals surface area contributed by atoms with E-state index >= 15 is 0 Å². The molecule has 0 spiro atoms. The van der Waals surface area contributed by atoms with Crippen molar-refractivity contribution >= 4 is 21.6 Å². The van der Waals surface area contributed by atoms with Crippen LogP contribution in [0.2, 0.25) is 0 Å². The largest absolute Gasteiger partial charge is 0.325 e. The summed E-state index contributed by atoms with van der Waals surface area (Å²) in [4.78, 5) is 12.9. The van der Waals surface area contributed by atoms with Gasteiger partial charge in [0.1, 0.15) is 6.04 Å². The number of amides is 1. The molecule has 0 bridgehead atoms. The lowest BCUT2D eigenvalue weighted by Gasteiger charge is -2.20. The first kappa shape index (κ1) is 22.1. The van der Waals surface area contributed by atoms with Gasteiger partial charge < -0.3 is 5.32 Å². The number of rotatable bonds is 9. The molecule has 5 nitrogen and oxygen atoms in total. The van der Waals surface area contributed by atoms with Crippen LogP contribution in [0.5, 0.6) is 0 Å². The zero-order chi connectivity index (χ0) is 20.7. The molecule has 1 amide bonds. The Bertz CT molecular complexity index is 873. The van der Waals surface area contributed by atoms with E-state index in [1.807, 2.05) is 45.0 Å². The minimum atomic E-state index is -3.78. The van der Waals surface area contributed by atoms with Gasteiger partial charge in [0.15, 0.2) is 0 Å². The third-order valence-electron chi connectivity index (χ3n) is 4.41. The normalized spacial score (nSPS) is 12.8. The van der Waals surface area contributed by atoms with Crippen molar-refractivity contribution in [3.63, 3.8) is 0 Å². The predicted molar refractivity (Wildman–Crippen MR) is 114 cm³/mol. The summed E-state index contributed by atoms with van der Waals surface area (Å²) in [5.41, 5.74) is 2.84. The maximum Gasteiger partial charge on any atom is 0.242 e. The van der Waals surface area contributed by atoms with Crippen molar-refractivity contribution in [2.75, 3.05) is 5.32 Å². The van der Waals surface area contributed by atoms with Crippen molar-refractivity contribution < 1.29 is 13.2 Å². The molecule has 1 atom stereocenters. The van der Waals surface area contributed by atoms with Gasteiger partial charge >= 0.3 is 0 Å². The van der Waals surface area contributed by atoms with Crippen molar-refractivity contribution in [3.05, 3.63) is 59.7 Å². The Morgan fingerprint density at radius 2 is 1.61 bits per heavy atom. The van der Waals surface area contributed by atoms with Crippen LogP contribution in [0, 0.1) is 12.8 Å². The van der Waals surface area contributed by atoms with Crippen LogP contribution in [0.3, 0.4) is 0 Å². The topological polar surface area (TPSA) is 75.3 Å². The maximum atomic E-state index is 12.8. The third kappa shape index (κ3) is 6.46. The van der Waals surface area contributed by atoms with E-state index in [0.29, 0.717) is 12.1 Å². The van der Waals surface area contributed by atoms with Crippen LogP contribution < -0.4 is 10.0 Å². The van der Waals surface area contributed by atoms with E-state index < -0.39 is 16.1 Å². The van der Waals surface area contributed by atoms with E-state index in [4.69, 9.17) is 0 Å². The molecule has 0 aliphatic heterocycles. The summed E-state index contributed by atoms with van der Waals surface area (Å²) in [6, 6.07) is 13.4. The monoisotopic (exact) mass is 402 g/mol. The highest BCUT2D eigenvalue weighted by Crippen LogP contribution is 2.16. The first-order chi connectivity index (χ1) is 13.2. The lowest BCUT2D eigenvalue weighted by atomic mass is 10.0. The quantitative estimate of drug-likeness (QED) is 0.657. The van der Waals surface area contributed by atoms with Crippen molar-refractivity contribution in [1.82, 2.24) is 4.72 Å². The second-order valence-electron chi connectivity index (χ2n) is 7.55. The van der Waals surface area contributed by atoms with Gasteiger partial charge in [0.2, 0.25) is 15.9 Å². The van der Waals surface area contributed by atoms with Crippen molar-refractivity contribution in [2.45, 2.75) is 57.9 Å². The van der Waals surface area contributed by atoms with Crippen molar-refractivity contribution in [2.24, 2.45) is 5.92 Å². The molecular weight excluding hydrogens is 372 g/mol. The second-order valence-corrected chi connectivity index (χ2v) is 9.27. The van der Waals surface area contributed by atoms with Gasteiger partial charge in [-0.25, -0.2) is 8.42 Å². The van der Waals surface area contributed by atoms with Crippen LogP contribution in [0.1, 0.15) is 44.7 Å². The average Bonchev–Trinajstić information content (AvgIpc) is 2.63. The van der Waals surface area contributed by atoms with E-state index in [2.05, 4.69) is 17.0 Å². The molecule has 0 fully saturated rings. The highest BCUT2D eigenvalue weighted by molar-refractivity contribution is 7.89. The molecule has 2 aromatic carbocycles. The number of hydrogen-bond acceptors (Lipinski definition) is 3. The molecule has 0 saturated carbocycles. The molecule has 0 radical (unpaired) electrons. The number of benzene rings is 2. The standard InChI is InChI=1S/C22H30N2O3S/c1-5-6-18-9-11-19(12-10-18)23-22(25)21(15-16(2)3)24-28(26,27)20-13-7-17(4)8-14-20/h7-14,16,21,24H,5-6,15H2,1-4H3,(H,23,25). The summed E-state index contributed by atoms with van der Waals surface area (Å²) in [5, 5.41) is 2.83. The van der Waals surface area contributed by atoms with Gasteiger partial charge in [0.25, 0.3) is 0 Å². The summed E-state index contributed by atoms with van der Waals surface area (Å²) in [6.45, 7) is 7.93. The zero-order valence-electron chi connectivity index (χ0n) is 17.0. The van der Waals surface area contributed by atoms with Crippen LogP contribution in [0.25, 0.3) is 0 Å². The van der Waals surface area contributed by atoms with Crippen LogP contribution in [0.15, 0.2) is 53.4 Å². The summed E-state index contributed by atoms with van der Waals surface area (Å²) < 4.78 is 28.0. The average molecular weight is 403 g/mol. The molecule has 0 aliphatic rings. The van der Waals surface area contributed by atoms with Crippen LogP contribution in [-0.4, -0.2) is 20.4 Å². The highest BCUT2D eigenvalue weighted by atomic mass is 32.2. The molecule has 2 rings (SSSR count). The number of anilines is 1. The molecule has 0 saturated heterocycles. The van der Waals surface area contributed by atoms with E-state index in [-0.39, 0.29) is 16.7 Å². The Balaban J connectivity index is 2.15. The summed E-state index contributed by atoms with van der Waals surface area (Å²) in [5.74, 6) is -0.198. The fourth-order valence-electron chi connectivity index (χ4n) is 2.93. The van der Waals surface area contributed by atoms with E-state index in [0.717, 1.165) is 18.4 Å². The van der Waals surface area contributed by atoms with Gasteiger partial charge in [0, 0.05) is 5.69 Å². The number of carbonyl (C=O) groups excluding carboxylic acids is 1. The summed E-state index contributed by atoms with van der Waals surface area (Å²) in [6.07, 6.45) is 2.45. The lowest BCUT2D eigenvalue weighted by Crippen LogP contribution is -2.44. The smallest absolute Gasteiger partial charge is 0.242 e. The molecule has 6 heteroatoms. The fraction of sp³-hybridized carbons (Fsp3) is 0.409. The predicted octanol–water partition coefficient (Wildman–Crippen LogP) is 4.28. The zero-order valence-corrected chi connectivity index (χ0v) is 17.8. The van der Waals surface area contributed by atoms with E-state index in [1.54, 1.807) is 24.3 Å². The molecule has 0 aromatic heterocycles. The molecule has 2 N–H and O–H groups in total. The number of sulfonamides is 1. The second kappa shape index (κ2) is 9.85. The molecule has 2 aromatic rings. The van der Waals surface area contributed by atoms with Crippen LogP contribution >= 0.6 is 0 Å². The first-order valence-corrected chi connectivity index (χ1v) is 11.2. The van der Waals surface area contributed by atoms with Gasteiger partial charge in [-0.3, -0.25) is 4.79 Å². The van der Waals surface area contributed by atoms with Gasteiger partial charge in [-0.1, -0.05) is 57.0 Å². The molecule has 152 valence electrons. The van der Waals surface area contributed by atoms with E-state index in [1.165, 1.54) is 5.56 Å². The van der Waals surface area contributed by atoms with Crippen LogP contribution in [0.4, 0.5) is 5.69 Å². The Kier molecular flexibility index (Phi) is 7.78. The van der Waals surface area contributed by atoms with Crippen LogP contribution in [-0.2, 0) is 21.2 Å². The SMILES string of the molecule is CCCc1ccc(NC(=O)C(CC(C)C)NS(=O)(=O)c2ccc(C)cc2)cc1. The van der Waals surface area contributed by atoms with Gasteiger partial charge in [0.05, 0.1) is 4.90 Å². The van der Waals surface area contributed by atoms with Gasteiger partial charge in [-0.15, -0.1) is 0 Å². The number of hydrogen-bond donors (Lipinski definition) is 2. The first-order valence-electron chi connectivity index (χ1n) is 9.70. The lowest BCUT2D eigenvalue weighted by molar-refractivity contribution is -0.118. The highest BCUT2D eigenvalue weighted by Gasteiger charge is 2.26. The van der Waals surface area contributed by atoms with Crippen molar-refractivity contribution in [3.8, 4) is 0 Å². The minimum absolute atomic E-state index is 0.156. The summed E-state index contributed by atoms with van der Waals surface area (Å²) >= 11 is 0. The Labute approximate surface area is 168 Å². The molecule has 1 unspecified atom stereocenters. The molecule has 0 aliphatic carbocycles. The molecule has 0 heterocycles. The fourth-order valence-corrected chi connectivity index (χ4v) is 4.13. The molecular formula is C22H30N2O3S. The minimum Gasteiger partial charge on any atom is -0.325 e. The Morgan fingerprint density at radius 3 is 2.14 bits per heavy atom. The van der Waals surface area contributed by atoms with E-state index in [9.17, 15) is 13.2 Å². The van der Waals surface area contributed by atoms with Gasteiger partial charge in [-0.2, -0.15) is 4.72 Å². The third-order valence-corrected chi connectivity index (χ3v) is 5.90. The maximum absolute atomic E-state index is 12.8. The van der Waals surface area contributed by atoms with Crippen molar-refractivity contribution in [1.29, 1.82) is 0 Å². The summed E-state index contributed by atoms with van der Waals surface area (Å²) in [7, 11) is -3.78. The van der Waals surface area contributed by atoms with Gasteiger partial charge in [-0.05, 0) is 55.5 Å². The number of carbonyl (C=O) groups is 1. The molecule has 28 heavy (non-hydrogen) atoms. The number of nitrogens with one attached hydrogen (secondary N) is 2. The Hall–Kier alpha value is -2.18.